The summed E-state index contributed by atoms with van der Waals surface area (Å²) in [6, 6.07) is 15.1. The monoisotopic (exact) mass is 420 g/mol. The van der Waals surface area contributed by atoms with Crippen LogP contribution in [0.1, 0.15) is 48.1 Å². The van der Waals surface area contributed by atoms with Gasteiger partial charge >= 0.3 is 0 Å². The molecule has 0 spiro atoms. The number of rotatable bonds is 8. The van der Waals surface area contributed by atoms with Crippen LogP contribution in [0.4, 0.5) is 5.69 Å². The van der Waals surface area contributed by atoms with Crippen LogP contribution in [0.3, 0.4) is 0 Å². The minimum Gasteiger partial charge on any atom is -0.508 e. The molecule has 0 saturated carbocycles. The zero-order valence-corrected chi connectivity index (χ0v) is 17.1. The standard InChI is InChI=1S/C24H24N2O5/c1-2-3-8-16-13-18(26(30)31)14-17(24(16)29)15-25-23(19-9-4-6-11-21(19)27)20-10-5-7-12-22(20)28/h4-7,9-15,23,27-29H,2-3,8H2,1H3. The van der Waals surface area contributed by atoms with Gasteiger partial charge in [-0.1, -0.05) is 49.7 Å². The Hall–Kier alpha value is -3.87. The fourth-order valence-electron chi connectivity index (χ4n) is 3.38. The Bertz CT molecular complexity index is 1070. The van der Waals surface area contributed by atoms with E-state index in [0.717, 1.165) is 12.8 Å². The number of unbranched alkanes of at least 4 members (excludes halogenated alkanes) is 1. The first-order valence-electron chi connectivity index (χ1n) is 10.0. The molecule has 0 amide bonds. The van der Waals surface area contributed by atoms with Gasteiger partial charge in [0, 0.05) is 40.6 Å². The van der Waals surface area contributed by atoms with Crippen LogP contribution >= 0.6 is 0 Å². The largest absolute Gasteiger partial charge is 0.508 e. The van der Waals surface area contributed by atoms with Crippen molar-refractivity contribution in [1.82, 2.24) is 0 Å². The van der Waals surface area contributed by atoms with Crippen molar-refractivity contribution in [2.45, 2.75) is 32.2 Å². The van der Waals surface area contributed by atoms with Gasteiger partial charge in [-0.05, 0) is 25.0 Å². The molecule has 31 heavy (non-hydrogen) atoms. The fourth-order valence-corrected chi connectivity index (χ4v) is 3.38. The van der Waals surface area contributed by atoms with E-state index in [2.05, 4.69) is 4.99 Å². The van der Waals surface area contributed by atoms with Crippen LogP contribution in [-0.2, 0) is 6.42 Å². The van der Waals surface area contributed by atoms with Gasteiger partial charge in [0.1, 0.15) is 23.3 Å². The number of nitro groups is 1. The lowest BCUT2D eigenvalue weighted by atomic mass is 9.97. The molecule has 0 saturated heterocycles. The van der Waals surface area contributed by atoms with Crippen LogP contribution in [0.2, 0.25) is 0 Å². The molecule has 3 N–H and O–H groups in total. The lowest BCUT2D eigenvalue weighted by Gasteiger charge is -2.16. The summed E-state index contributed by atoms with van der Waals surface area (Å²) in [6.07, 6.45) is 3.52. The number of phenols is 3. The number of phenolic OH excluding ortho intramolecular Hbond substituents is 3. The quantitative estimate of drug-likeness (QED) is 0.261. The van der Waals surface area contributed by atoms with Crippen LogP contribution in [0, 0.1) is 10.1 Å². The van der Waals surface area contributed by atoms with Gasteiger partial charge in [-0.2, -0.15) is 0 Å². The normalized spacial score (nSPS) is 11.3. The number of aryl methyl sites for hydroxylation is 1. The van der Waals surface area contributed by atoms with E-state index >= 15 is 0 Å². The Labute approximate surface area is 180 Å². The Morgan fingerprint density at radius 1 is 1.00 bits per heavy atom. The number of hydrogen-bond donors (Lipinski definition) is 3. The molecule has 0 aromatic heterocycles. The van der Waals surface area contributed by atoms with Crippen molar-refractivity contribution in [3.05, 3.63) is 93.0 Å². The van der Waals surface area contributed by atoms with E-state index in [1.54, 1.807) is 36.4 Å². The summed E-state index contributed by atoms with van der Waals surface area (Å²) in [5.74, 6) is -0.0595. The Morgan fingerprint density at radius 3 is 2.10 bits per heavy atom. The van der Waals surface area contributed by atoms with Crippen molar-refractivity contribution in [2.24, 2.45) is 4.99 Å². The maximum absolute atomic E-state index is 11.4. The number of aromatic hydroxyl groups is 3. The van der Waals surface area contributed by atoms with Crippen LogP contribution in [0.5, 0.6) is 17.2 Å². The summed E-state index contributed by atoms with van der Waals surface area (Å²) in [4.78, 5) is 15.4. The molecule has 7 heteroatoms. The van der Waals surface area contributed by atoms with Crippen LogP contribution < -0.4 is 0 Å². The lowest BCUT2D eigenvalue weighted by molar-refractivity contribution is -0.384. The fraction of sp³-hybridized carbons (Fsp3) is 0.208. The Morgan fingerprint density at radius 2 is 1.58 bits per heavy atom. The molecule has 0 atom stereocenters. The number of aliphatic imine (C=N–C) groups is 1. The van der Waals surface area contributed by atoms with E-state index in [4.69, 9.17) is 0 Å². The molecule has 0 heterocycles. The summed E-state index contributed by atoms with van der Waals surface area (Å²) in [6.45, 7) is 2.00. The van der Waals surface area contributed by atoms with Gasteiger partial charge in [0.2, 0.25) is 0 Å². The third kappa shape index (κ3) is 5.01. The minimum atomic E-state index is -0.778. The highest BCUT2D eigenvalue weighted by molar-refractivity contribution is 5.86. The maximum Gasteiger partial charge on any atom is 0.270 e. The molecular formula is C24H24N2O5. The first-order valence-corrected chi connectivity index (χ1v) is 10.0. The van der Waals surface area contributed by atoms with Gasteiger partial charge < -0.3 is 15.3 Å². The van der Waals surface area contributed by atoms with Crippen molar-refractivity contribution >= 4 is 11.9 Å². The number of non-ortho nitro benzene ring substituents is 1. The third-order valence-electron chi connectivity index (χ3n) is 5.04. The SMILES string of the molecule is CCCCc1cc([N+](=O)[O-])cc(C=NC(c2ccccc2O)c2ccccc2O)c1O. The van der Waals surface area contributed by atoms with E-state index in [-0.39, 0.29) is 28.5 Å². The minimum absolute atomic E-state index is 0.000183. The predicted octanol–water partition coefficient (Wildman–Crippen LogP) is 5.26. The molecule has 0 aliphatic heterocycles. The van der Waals surface area contributed by atoms with Crippen LogP contribution in [0.25, 0.3) is 0 Å². The Kier molecular flexibility index (Phi) is 6.87. The zero-order chi connectivity index (χ0) is 22.4. The highest BCUT2D eigenvalue weighted by atomic mass is 16.6. The lowest BCUT2D eigenvalue weighted by Crippen LogP contribution is -2.01. The van der Waals surface area contributed by atoms with E-state index in [0.29, 0.717) is 23.1 Å². The number of para-hydroxylation sites is 2. The summed E-state index contributed by atoms with van der Waals surface area (Å²) in [5, 5.41) is 42.7. The van der Waals surface area contributed by atoms with Crippen molar-refractivity contribution in [1.29, 1.82) is 0 Å². The molecule has 3 aromatic rings. The van der Waals surface area contributed by atoms with E-state index in [9.17, 15) is 25.4 Å². The van der Waals surface area contributed by atoms with Crippen molar-refractivity contribution < 1.29 is 20.2 Å². The first kappa shape index (κ1) is 21.8. The average molecular weight is 420 g/mol. The third-order valence-corrected chi connectivity index (χ3v) is 5.04. The summed E-state index contributed by atoms with van der Waals surface area (Å²) in [5.41, 5.74) is 1.47. The van der Waals surface area contributed by atoms with Crippen LogP contribution in [0.15, 0.2) is 65.7 Å². The first-order chi connectivity index (χ1) is 14.9. The second-order valence-electron chi connectivity index (χ2n) is 7.20. The molecule has 7 nitrogen and oxygen atoms in total. The molecule has 0 fully saturated rings. The zero-order valence-electron chi connectivity index (χ0n) is 17.1. The van der Waals surface area contributed by atoms with Gasteiger partial charge in [-0.3, -0.25) is 15.1 Å². The molecule has 3 aromatic carbocycles. The predicted molar refractivity (Wildman–Crippen MR) is 119 cm³/mol. The molecule has 3 rings (SSSR count). The molecule has 0 bridgehead atoms. The van der Waals surface area contributed by atoms with Gasteiger partial charge in [-0.15, -0.1) is 0 Å². The number of nitro benzene ring substituents is 1. The van der Waals surface area contributed by atoms with E-state index in [1.807, 2.05) is 6.92 Å². The molecule has 0 aliphatic carbocycles. The maximum atomic E-state index is 11.4. The second-order valence-corrected chi connectivity index (χ2v) is 7.20. The molecular weight excluding hydrogens is 396 g/mol. The highest BCUT2D eigenvalue weighted by Gasteiger charge is 2.20. The second kappa shape index (κ2) is 9.75. The summed E-state index contributed by atoms with van der Waals surface area (Å²) >= 11 is 0. The smallest absolute Gasteiger partial charge is 0.270 e. The van der Waals surface area contributed by atoms with Crippen LogP contribution in [-0.4, -0.2) is 26.5 Å². The number of benzene rings is 3. The number of hydrogen-bond acceptors (Lipinski definition) is 6. The Balaban J connectivity index is 2.11. The molecule has 0 aliphatic rings. The van der Waals surface area contributed by atoms with E-state index < -0.39 is 11.0 Å². The molecule has 160 valence electrons. The van der Waals surface area contributed by atoms with Crippen molar-refractivity contribution in [2.75, 3.05) is 0 Å². The van der Waals surface area contributed by atoms with Crippen molar-refractivity contribution in [3.8, 4) is 17.2 Å². The average Bonchev–Trinajstić information content (AvgIpc) is 2.76. The van der Waals surface area contributed by atoms with Gasteiger partial charge in [0.15, 0.2) is 0 Å². The molecule has 0 unspecified atom stereocenters. The van der Waals surface area contributed by atoms with E-state index in [1.165, 1.54) is 30.5 Å². The van der Waals surface area contributed by atoms with Gasteiger partial charge in [-0.25, -0.2) is 0 Å². The van der Waals surface area contributed by atoms with Crippen molar-refractivity contribution in [3.63, 3.8) is 0 Å². The summed E-state index contributed by atoms with van der Waals surface area (Å²) in [7, 11) is 0. The highest BCUT2D eigenvalue weighted by Crippen LogP contribution is 2.37. The number of nitrogens with zero attached hydrogens (tertiary/aromatic N) is 2. The molecule has 0 radical (unpaired) electrons. The van der Waals surface area contributed by atoms with Gasteiger partial charge in [0.05, 0.1) is 4.92 Å². The topological polar surface area (TPSA) is 116 Å². The van der Waals surface area contributed by atoms with Gasteiger partial charge in [0.25, 0.3) is 5.69 Å². The summed E-state index contributed by atoms with van der Waals surface area (Å²) < 4.78 is 0.